The van der Waals surface area contributed by atoms with Crippen LogP contribution in [0.15, 0.2) is 149 Å². The molecule has 0 saturated heterocycles. The fraction of sp³-hybridized carbons (Fsp3) is 0.324. The van der Waals surface area contributed by atoms with Crippen molar-refractivity contribution in [2.45, 2.75) is 157 Å². The molecule has 0 N–H and O–H groups in total. The summed E-state index contributed by atoms with van der Waals surface area (Å²) in [5.41, 5.74) is 16.5. The molecular weight excluding hydrogens is 963 g/mol. The highest BCUT2D eigenvalue weighted by atomic mass is 16.1. The highest BCUT2D eigenvalue weighted by Crippen LogP contribution is 2.46. The number of hydrogen-bond donors (Lipinski definition) is 0. The summed E-state index contributed by atoms with van der Waals surface area (Å²) in [6.07, 6.45) is 0. The maximum absolute atomic E-state index is 15.8. The van der Waals surface area contributed by atoms with E-state index in [-0.39, 0.29) is 43.3 Å². The summed E-state index contributed by atoms with van der Waals surface area (Å²) < 4.78 is 7.09. The number of aromatic nitrogens is 3. The molecule has 79 heavy (non-hydrogen) atoms. The normalized spacial score (nSPS) is 13.5. The predicted molar refractivity (Wildman–Crippen MR) is 340 cm³/mol. The van der Waals surface area contributed by atoms with E-state index in [0.29, 0.717) is 27.1 Å². The molecule has 0 aliphatic rings. The van der Waals surface area contributed by atoms with Crippen molar-refractivity contribution >= 4 is 81.7 Å². The minimum atomic E-state index is -0.207. The molecule has 12 rings (SSSR count). The first-order valence-corrected chi connectivity index (χ1v) is 28.5. The topological polar surface area (TPSA) is 48.4 Å². The lowest BCUT2D eigenvalue weighted by Gasteiger charge is -2.24. The monoisotopic (exact) mass is 1040 g/mol. The second-order valence-electron chi connectivity index (χ2n) is 29.1. The minimum Gasteiger partial charge on any atom is -0.309 e. The molecule has 0 bridgehead atoms. The van der Waals surface area contributed by atoms with Crippen LogP contribution in [-0.4, -0.2) is 13.5 Å². The van der Waals surface area contributed by atoms with Crippen LogP contribution in [0.1, 0.15) is 158 Å². The summed E-state index contributed by atoms with van der Waals surface area (Å²) in [5, 5.41) is 7.05. The Hall–Kier alpha value is -7.50. The summed E-state index contributed by atoms with van der Waals surface area (Å²) >= 11 is 0. The molecule has 12 aromatic rings. The van der Waals surface area contributed by atoms with Gasteiger partial charge in [0.1, 0.15) is 0 Å². The molecule has 0 fully saturated rings. The van der Waals surface area contributed by atoms with Gasteiger partial charge in [-0.25, -0.2) is 0 Å². The van der Waals surface area contributed by atoms with Gasteiger partial charge in [-0.2, -0.15) is 0 Å². The van der Waals surface area contributed by atoms with Crippen LogP contribution >= 0.6 is 0 Å². The molecule has 4 heterocycles. The Morgan fingerprint density at radius 2 is 0.532 bits per heavy atom. The van der Waals surface area contributed by atoms with E-state index in [4.69, 9.17) is 0 Å². The van der Waals surface area contributed by atoms with Crippen molar-refractivity contribution in [3.8, 4) is 22.5 Å². The van der Waals surface area contributed by atoms with E-state index < -0.39 is 0 Å². The predicted octanol–water partition coefficient (Wildman–Crippen LogP) is 19.2. The molecule has 0 spiro atoms. The zero-order valence-electron chi connectivity index (χ0n) is 49.9. The number of fused-ring (bicyclic) bond motifs is 10. The Kier molecular flexibility index (Phi) is 11.2. The van der Waals surface area contributed by atoms with E-state index in [0.717, 1.165) is 66.7 Å². The molecule has 0 saturated carbocycles. The van der Waals surface area contributed by atoms with Crippen molar-refractivity contribution < 1.29 is 0 Å². The van der Waals surface area contributed by atoms with Crippen LogP contribution in [0.5, 0.6) is 0 Å². The standard InChI is InChI=1S/C74H77N3O2/c1-69(2,3)43-22-28-57-49(36-43)50-37-44(70(4,5)6)23-29-58(50)75(57)63-20-19-21-64(76-59-30-24-45(71(7,8)9)38-51(59)52-39-46(72(10,11)12)25-31-60(52)76)65(63)42-34-55-66-56(35-42)68(79)54-41-48(74(16,17)18)27-33-62(54)77(66)61-32-26-47(73(13,14)15)40-53(61)67(55)78/h19-41H,1-18H3. The maximum atomic E-state index is 15.8. The lowest BCUT2D eigenvalue weighted by atomic mass is 9.85. The summed E-state index contributed by atoms with van der Waals surface area (Å²) in [4.78, 5) is 31.7. The summed E-state index contributed by atoms with van der Waals surface area (Å²) in [5.74, 6) is 0. The third-order valence-corrected chi connectivity index (χ3v) is 17.3. The van der Waals surface area contributed by atoms with Gasteiger partial charge in [0.15, 0.2) is 10.9 Å². The van der Waals surface area contributed by atoms with Gasteiger partial charge >= 0.3 is 0 Å². The second kappa shape index (κ2) is 17.0. The molecule has 5 nitrogen and oxygen atoms in total. The average molecular weight is 1040 g/mol. The van der Waals surface area contributed by atoms with Gasteiger partial charge in [-0.05, 0) is 168 Å². The fourth-order valence-electron chi connectivity index (χ4n) is 12.4. The van der Waals surface area contributed by atoms with Crippen LogP contribution in [0.4, 0.5) is 0 Å². The van der Waals surface area contributed by atoms with Crippen molar-refractivity contribution in [1.29, 1.82) is 0 Å². The number of rotatable bonds is 3. The Bertz CT molecular complexity index is 4250. The molecule has 4 aromatic heterocycles. The van der Waals surface area contributed by atoms with E-state index in [2.05, 4.69) is 278 Å². The van der Waals surface area contributed by atoms with Gasteiger partial charge in [0.25, 0.3) is 0 Å². The first-order chi connectivity index (χ1) is 36.8. The largest absolute Gasteiger partial charge is 0.309 e. The van der Waals surface area contributed by atoms with E-state index >= 15 is 9.59 Å². The Labute approximate surface area is 465 Å². The van der Waals surface area contributed by atoms with E-state index in [9.17, 15) is 0 Å². The molecule has 0 aliphatic carbocycles. The van der Waals surface area contributed by atoms with Gasteiger partial charge in [0, 0.05) is 48.7 Å². The van der Waals surface area contributed by atoms with Crippen LogP contribution in [0, 0.1) is 0 Å². The Morgan fingerprint density at radius 1 is 0.278 bits per heavy atom. The molecule has 0 aliphatic heterocycles. The van der Waals surface area contributed by atoms with Crippen molar-refractivity contribution in [3.05, 3.63) is 193 Å². The average Bonchev–Trinajstić information content (AvgIpc) is 4.06. The second-order valence-corrected chi connectivity index (χ2v) is 29.1. The van der Waals surface area contributed by atoms with Gasteiger partial charge in [-0.3, -0.25) is 9.59 Å². The third-order valence-electron chi connectivity index (χ3n) is 17.3. The van der Waals surface area contributed by atoms with Crippen molar-refractivity contribution in [3.63, 3.8) is 0 Å². The van der Waals surface area contributed by atoms with Crippen molar-refractivity contribution in [2.75, 3.05) is 0 Å². The van der Waals surface area contributed by atoms with Gasteiger partial charge < -0.3 is 13.5 Å². The van der Waals surface area contributed by atoms with E-state index in [1.54, 1.807) is 0 Å². The SMILES string of the molecule is CC(C)(C)c1ccc2c(c1)c(=O)c1cc(-c3c(-n4c5ccc(C(C)(C)C)cc5c5cc(C(C)(C)C)ccc54)cccc3-n3c4ccc(C(C)(C)C)cc4c4cc(C(C)(C)C)ccc43)cc3c(=O)c4cc(C(C)(C)C)ccc4n2c13. The Morgan fingerprint density at radius 3 is 0.797 bits per heavy atom. The van der Waals surface area contributed by atoms with Crippen molar-refractivity contribution in [2.24, 2.45) is 0 Å². The Balaban J connectivity index is 1.31. The van der Waals surface area contributed by atoms with Gasteiger partial charge in [-0.15, -0.1) is 0 Å². The zero-order valence-corrected chi connectivity index (χ0v) is 49.9. The van der Waals surface area contributed by atoms with Gasteiger partial charge in [0.05, 0.1) is 50.0 Å². The molecule has 0 atom stereocenters. The van der Waals surface area contributed by atoms with E-state index in [1.165, 1.54) is 43.8 Å². The van der Waals surface area contributed by atoms with Crippen molar-refractivity contribution in [1.82, 2.24) is 13.5 Å². The van der Waals surface area contributed by atoms with Crippen LogP contribution in [0.3, 0.4) is 0 Å². The fourth-order valence-corrected chi connectivity index (χ4v) is 12.4. The smallest absolute Gasteiger partial charge is 0.197 e. The maximum Gasteiger partial charge on any atom is 0.197 e. The molecule has 8 aromatic carbocycles. The van der Waals surface area contributed by atoms with Crippen LogP contribution < -0.4 is 10.9 Å². The summed E-state index contributed by atoms with van der Waals surface area (Å²) in [6.45, 7) is 40.6. The molecule has 0 amide bonds. The molecular formula is C74H77N3O2. The first kappa shape index (κ1) is 52.2. The highest BCUT2D eigenvalue weighted by molar-refractivity contribution is 6.15. The summed E-state index contributed by atoms with van der Waals surface area (Å²) in [7, 11) is 0. The zero-order chi connectivity index (χ0) is 56.6. The van der Waals surface area contributed by atoms with E-state index in [1.807, 2.05) is 0 Å². The first-order valence-electron chi connectivity index (χ1n) is 28.5. The van der Waals surface area contributed by atoms with Gasteiger partial charge in [0.2, 0.25) is 0 Å². The third kappa shape index (κ3) is 8.23. The number of nitrogens with zero attached hydrogens (tertiary/aromatic N) is 3. The van der Waals surface area contributed by atoms with Gasteiger partial charge in [-0.1, -0.05) is 167 Å². The van der Waals surface area contributed by atoms with Crippen LogP contribution in [-0.2, 0) is 32.5 Å². The molecule has 5 heteroatoms. The van der Waals surface area contributed by atoms with Crippen LogP contribution in [0.25, 0.3) is 104 Å². The number of hydrogen-bond acceptors (Lipinski definition) is 2. The lowest BCUT2D eigenvalue weighted by Crippen LogP contribution is -2.17. The molecule has 0 radical (unpaired) electrons. The molecule has 400 valence electrons. The molecule has 0 unspecified atom stereocenters. The quantitative estimate of drug-likeness (QED) is 0.131. The lowest BCUT2D eigenvalue weighted by molar-refractivity contribution is 0.590. The highest BCUT2D eigenvalue weighted by Gasteiger charge is 2.29. The summed E-state index contributed by atoms with van der Waals surface area (Å²) in [6, 6.07) is 51.6. The minimum absolute atomic E-state index is 0.0818. The number of pyridine rings is 2. The van der Waals surface area contributed by atoms with Crippen LogP contribution in [0.2, 0.25) is 0 Å². The number of benzene rings is 8.